The van der Waals surface area contributed by atoms with Crippen molar-refractivity contribution in [3.63, 3.8) is 0 Å². The summed E-state index contributed by atoms with van der Waals surface area (Å²) in [5.41, 5.74) is 3.51. The summed E-state index contributed by atoms with van der Waals surface area (Å²) < 4.78 is 0. The highest BCUT2D eigenvalue weighted by molar-refractivity contribution is 5.40. The molecule has 0 heterocycles. The Morgan fingerprint density at radius 2 is 2.19 bits per heavy atom. The lowest BCUT2D eigenvalue weighted by atomic mass is 9.73. The molecule has 0 radical (unpaired) electrons. The van der Waals surface area contributed by atoms with E-state index >= 15 is 0 Å². The third-order valence-electron chi connectivity index (χ3n) is 4.53. The smallest absolute Gasteiger partial charge is 0.0469 e. The monoisotopic (exact) mass is 215 g/mol. The number of rotatable bonds is 2. The van der Waals surface area contributed by atoms with E-state index in [4.69, 9.17) is 0 Å². The van der Waals surface area contributed by atoms with Gasteiger partial charge in [-0.2, -0.15) is 0 Å². The van der Waals surface area contributed by atoms with Gasteiger partial charge in [0.1, 0.15) is 0 Å². The minimum Gasteiger partial charge on any atom is -0.307 e. The number of benzene rings is 1. The van der Waals surface area contributed by atoms with Gasteiger partial charge in [-0.05, 0) is 42.9 Å². The molecule has 0 saturated heterocycles. The second kappa shape index (κ2) is 3.89. The summed E-state index contributed by atoms with van der Waals surface area (Å²) in [4.78, 5) is 0. The van der Waals surface area contributed by atoms with Gasteiger partial charge in [0.25, 0.3) is 0 Å². The normalized spacial score (nSPS) is 32.2. The molecule has 16 heavy (non-hydrogen) atoms. The molecule has 0 amide bonds. The summed E-state index contributed by atoms with van der Waals surface area (Å²) in [7, 11) is 0. The Kier molecular flexibility index (Phi) is 2.51. The standard InChI is InChI=1S/C15H21N/c1-2-16-15-10-6-5-8-13(15)11-12-7-3-4-9-14(12)15/h3-4,7,9,13,16H,2,5-6,8,10-11H2,1H3/t13-,15+/m1/s1. The first-order valence-electron chi connectivity index (χ1n) is 6.70. The molecule has 3 rings (SSSR count). The van der Waals surface area contributed by atoms with E-state index in [1.165, 1.54) is 32.1 Å². The van der Waals surface area contributed by atoms with Crippen LogP contribution in [0.25, 0.3) is 0 Å². The molecule has 0 aromatic heterocycles. The van der Waals surface area contributed by atoms with Crippen LogP contribution < -0.4 is 5.32 Å². The Balaban J connectivity index is 2.06. The molecule has 2 aliphatic rings. The lowest BCUT2D eigenvalue weighted by molar-refractivity contribution is 0.162. The topological polar surface area (TPSA) is 12.0 Å². The number of hydrogen-bond acceptors (Lipinski definition) is 1. The molecule has 2 aliphatic carbocycles. The van der Waals surface area contributed by atoms with Crippen molar-refractivity contribution in [1.82, 2.24) is 5.32 Å². The van der Waals surface area contributed by atoms with Gasteiger partial charge in [-0.25, -0.2) is 0 Å². The Morgan fingerprint density at radius 3 is 3.06 bits per heavy atom. The van der Waals surface area contributed by atoms with Crippen molar-refractivity contribution >= 4 is 0 Å². The van der Waals surface area contributed by atoms with Crippen molar-refractivity contribution in [2.24, 2.45) is 5.92 Å². The van der Waals surface area contributed by atoms with Crippen LogP contribution in [0.5, 0.6) is 0 Å². The molecule has 86 valence electrons. The van der Waals surface area contributed by atoms with Crippen molar-refractivity contribution in [1.29, 1.82) is 0 Å². The van der Waals surface area contributed by atoms with Gasteiger partial charge in [-0.3, -0.25) is 0 Å². The van der Waals surface area contributed by atoms with Crippen LogP contribution in [0.1, 0.15) is 43.7 Å². The maximum Gasteiger partial charge on any atom is 0.0469 e. The van der Waals surface area contributed by atoms with E-state index in [-0.39, 0.29) is 0 Å². The van der Waals surface area contributed by atoms with Gasteiger partial charge in [0.2, 0.25) is 0 Å². The average molecular weight is 215 g/mol. The zero-order valence-electron chi connectivity index (χ0n) is 10.1. The predicted molar refractivity (Wildman–Crippen MR) is 67.5 cm³/mol. The molecule has 1 fully saturated rings. The van der Waals surface area contributed by atoms with Gasteiger partial charge in [-0.1, -0.05) is 44.0 Å². The molecule has 0 unspecified atom stereocenters. The first-order valence-corrected chi connectivity index (χ1v) is 6.70. The van der Waals surface area contributed by atoms with Crippen LogP contribution in [0.4, 0.5) is 0 Å². The van der Waals surface area contributed by atoms with Crippen molar-refractivity contribution < 1.29 is 0 Å². The zero-order valence-corrected chi connectivity index (χ0v) is 10.1. The Hall–Kier alpha value is -0.820. The third-order valence-corrected chi connectivity index (χ3v) is 4.53. The van der Waals surface area contributed by atoms with Crippen LogP contribution in [0.15, 0.2) is 24.3 Å². The van der Waals surface area contributed by atoms with E-state index in [1.54, 1.807) is 11.1 Å². The van der Waals surface area contributed by atoms with Crippen LogP contribution in [-0.4, -0.2) is 6.54 Å². The van der Waals surface area contributed by atoms with Crippen LogP contribution in [0, 0.1) is 5.92 Å². The second-order valence-electron chi connectivity index (χ2n) is 5.31. The summed E-state index contributed by atoms with van der Waals surface area (Å²) in [5.74, 6) is 0.846. The summed E-state index contributed by atoms with van der Waals surface area (Å²) in [6.45, 7) is 3.33. The molecule has 0 bridgehead atoms. The third kappa shape index (κ3) is 1.34. The quantitative estimate of drug-likeness (QED) is 0.798. The predicted octanol–water partition coefficient (Wildman–Crippen LogP) is 3.24. The van der Waals surface area contributed by atoms with Crippen LogP contribution >= 0.6 is 0 Å². The number of hydrogen-bond donors (Lipinski definition) is 1. The number of fused-ring (bicyclic) bond motifs is 3. The highest BCUT2D eigenvalue weighted by Gasteiger charge is 2.46. The lowest BCUT2D eigenvalue weighted by Gasteiger charge is -2.41. The largest absolute Gasteiger partial charge is 0.307 e. The molecular formula is C15H21N. The fraction of sp³-hybridized carbons (Fsp3) is 0.600. The molecule has 1 N–H and O–H groups in total. The first-order chi connectivity index (χ1) is 7.87. The van der Waals surface area contributed by atoms with Crippen molar-refractivity contribution in [3.8, 4) is 0 Å². The van der Waals surface area contributed by atoms with Gasteiger partial charge in [0.15, 0.2) is 0 Å². The second-order valence-corrected chi connectivity index (χ2v) is 5.31. The molecule has 0 aliphatic heterocycles. The van der Waals surface area contributed by atoms with Gasteiger partial charge in [0, 0.05) is 5.54 Å². The van der Waals surface area contributed by atoms with E-state index in [2.05, 4.69) is 36.5 Å². The molecule has 1 nitrogen and oxygen atoms in total. The first kappa shape index (κ1) is 10.3. The fourth-order valence-corrected chi connectivity index (χ4v) is 3.92. The van der Waals surface area contributed by atoms with Gasteiger partial charge >= 0.3 is 0 Å². The van der Waals surface area contributed by atoms with Crippen molar-refractivity contribution in [3.05, 3.63) is 35.4 Å². The van der Waals surface area contributed by atoms with E-state index in [0.29, 0.717) is 5.54 Å². The van der Waals surface area contributed by atoms with E-state index in [0.717, 1.165) is 12.5 Å². The van der Waals surface area contributed by atoms with Crippen molar-refractivity contribution in [2.45, 2.75) is 44.6 Å². The van der Waals surface area contributed by atoms with E-state index in [1.807, 2.05) is 0 Å². The van der Waals surface area contributed by atoms with E-state index < -0.39 is 0 Å². The van der Waals surface area contributed by atoms with Crippen LogP contribution in [0.3, 0.4) is 0 Å². The molecule has 1 heteroatoms. The van der Waals surface area contributed by atoms with Crippen molar-refractivity contribution in [2.75, 3.05) is 6.54 Å². The van der Waals surface area contributed by atoms with Gasteiger partial charge < -0.3 is 5.32 Å². The molecule has 1 saturated carbocycles. The zero-order chi connectivity index (χ0) is 11.0. The summed E-state index contributed by atoms with van der Waals surface area (Å²) >= 11 is 0. The summed E-state index contributed by atoms with van der Waals surface area (Å²) in [5, 5.41) is 3.82. The Morgan fingerprint density at radius 1 is 1.31 bits per heavy atom. The lowest BCUT2D eigenvalue weighted by Crippen LogP contribution is -2.47. The molecular weight excluding hydrogens is 194 g/mol. The van der Waals surface area contributed by atoms with Gasteiger partial charge in [0.05, 0.1) is 0 Å². The summed E-state index contributed by atoms with van der Waals surface area (Å²) in [6.07, 6.45) is 6.84. The van der Waals surface area contributed by atoms with Crippen LogP contribution in [0.2, 0.25) is 0 Å². The maximum absolute atomic E-state index is 3.82. The fourth-order valence-electron chi connectivity index (χ4n) is 3.92. The van der Waals surface area contributed by atoms with Gasteiger partial charge in [-0.15, -0.1) is 0 Å². The average Bonchev–Trinajstić information content (AvgIpc) is 2.64. The highest BCUT2D eigenvalue weighted by Crippen LogP contribution is 2.49. The Bertz CT molecular complexity index is 381. The van der Waals surface area contributed by atoms with Crippen LogP contribution in [-0.2, 0) is 12.0 Å². The minimum atomic E-state index is 0.323. The molecule has 1 aromatic carbocycles. The SMILES string of the molecule is CCN[C@@]12CCCC[C@@H]1Cc1ccccc12. The summed E-state index contributed by atoms with van der Waals surface area (Å²) in [6, 6.07) is 9.07. The number of nitrogens with one attached hydrogen (secondary N) is 1. The maximum atomic E-state index is 3.82. The highest BCUT2D eigenvalue weighted by atomic mass is 15.0. The van der Waals surface area contributed by atoms with E-state index in [9.17, 15) is 0 Å². The Labute approximate surface area is 98.3 Å². The molecule has 2 atom stereocenters. The molecule has 1 aromatic rings. The minimum absolute atomic E-state index is 0.323. The molecule has 0 spiro atoms.